The van der Waals surface area contributed by atoms with Gasteiger partial charge in [-0.15, -0.1) is 5.11 Å². The van der Waals surface area contributed by atoms with E-state index >= 15 is 0 Å². The van der Waals surface area contributed by atoms with Crippen LogP contribution in [0.3, 0.4) is 0 Å². The van der Waals surface area contributed by atoms with E-state index in [1.165, 1.54) is 22.9 Å². The fourth-order valence-electron chi connectivity index (χ4n) is 0.299. The van der Waals surface area contributed by atoms with Crippen molar-refractivity contribution >= 4 is 35.5 Å². The van der Waals surface area contributed by atoms with Gasteiger partial charge in [-0.3, -0.25) is 0 Å². The highest BCUT2D eigenvalue weighted by Gasteiger charge is 2.42. The highest BCUT2D eigenvalue weighted by molar-refractivity contribution is 14.1. The highest BCUT2D eigenvalue weighted by Crippen LogP contribution is 2.18. The van der Waals surface area contributed by atoms with Crippen LogP contribution in [0.15, 0.2) is 25.8 Å². The third kappa shape index (κ3) is 3.90. The molecule has 0 aromatic rings. The molecule has 0 radical (unpaired) electrons. The number of nitrogens with zero attached hydrogens (tertiary/aromatic N) is 7. The molecule has 0 bridgehead atoms. The maximum atomic E-state index is 10.0. The molecule has 0 amide bonds. The second-order valence-electron chi connectivity index (χ2n) is 1.61. The lowest BCUT2D eigenvalue weighted by molar-refractivity contribution is -1.17. The Bertz CT molecular complexity index is 283. The Balaban J connectivity index is 0.000000292. The van der Waals surface area contributed by atoms with Gasteiger partial charge in [0.15, 0.2) is 9.25 Å². The van der Waals surface area contributed by atoms with Crippen molar-refractivity contribution in [3.8, 4) is 0 Å². The first kappa shape index (κ1) is 12.4. The molecule has 1 heterocycles. The molecule has 3 N–H and O–H groups in total. The number of hydrogen-bond donors (Lipinski definition) is 2. The maximum Gasteiger partial charge on any atom is 0.368 e. The lowest BCUT2D eigenvalue weighted by Crippen LogP contribution is -2.33. The van der Waals surface area contributed by atoms with Crippen LogP contribution in [-0.4, -0.2) is 20.6 Å². The second-order valence-corrected chi connectivity index (χ2v) is 3.03. The zero-order valence-electron chi connectivity index (χ0n) is 6.56. The number of nitro groups is 1. The predicted octanol–water partition coefficient (Wildman–Crippen LogP) is 0.588. The van der Waals surface area contributed by atoms with E-state index in [1.807, 2.05) is 0 Å². The van der Waals surface area contributed by atoms with Crippen LogP contribution in [-0.2, 0) is 0 Å². The summed E-state index contributed by atoms with van der Waals surface area (Å²) >= 11 is 1.48. The van der Waals surface area contributed by atoms with Gasteiger partial charge in [0.2, 0.25) is 0 Å². The van der Waals surface area contributed by atoms with Crippen LogP contribution in [0, 0.1) is 15.6 Å². The van der Waals surface area contributed by atoms with Crippen molar-refractivity contribution in [2.45, 2.75) is 0 Å². The van der Waals surface area contributed by atoms with E-state index in [2.05, 4.69) is 31.6 Å². The maximum absolute atomic E-state index is 10.0. The van der Waals surface area contributed by atoms with Crippen LogP contribution in [0.1, 0.15) is 0 Å². The van der Waals surface area contributed by atoms with Gasteiger partial charge in [-0.05, 0) is 0 Å². The monoisotopic (exact) mass is 314 g/mol. The first-order valence-electron chi connectivity index (χ1n) is 2.85. The summed E-state index contributed by atoms with van der Waals surface area (Å²) in [6.07, 6.45) is 1.96. The van der Waals surface area contributed by atoms with E-state index in [9.17, 15) is 10.1 Å². The van der Waals surface area contributed by atoms with Gasteiger partial charge in [-0.25, -0.2) is 15.6 Å². The minimum Gasteiger partial charge on any atom is -0.322 e. The Morgan fingerprint density at radius 3 is 2.57 bits per heavy atom. The summed E-state index contributed by atoms with van der Waals surface area (Å²) in [6.45, 7) is 0. The molecule has 76 valence electrons. The Morgan fingerprint density at radius 2 is 2.43 bits per heavy atom. The Hall–Kier alpha value is -1.57. The van der Waals surface area contributed by atoms with Crippen LogP contribution in [0.2, 0.25) is 0 Å². The van der Waals surface area contributed by atoms with E-state index in [0.29, 0.717) is 0 Å². The molecule has 0 aromatic carbocycles. The third-order valence-electron chi connectivity index (χ3n) is 0.769. The number of nitrogens with two attached hydrogens (primary N) is 1. The van der Waals surface area contributed by atoms with E-state index in [1.54, 1.807) is 0 Å². The van der Waals surface area contributed by atoms with Crippen molar-refractivity contribution in [1.82, 2.24) is 0 Å². The average Bonchev–Trinajstić information content (AvgIpc) is 2.56. The molecule has 1 atom stereocenters. The van der Waals surface area contributed by atoms with E-state index in [4.69, 9.17) is 5.53 Å². The number of rotatable bonds is 2. The van der Waals surface area contributed by atoms with Crippen molar-refractivity contribution in [1.29, 1.82) is 5.53 Å². The van der Waals surface area contributed by atoms with E-state index in [-0.39, 0.29) is 0 Å². The van der Waals surface area contributed by atoms with Crippen LogP contribution < -0.4 is 5.84 Å². The van der Waals surface area contributed by atoms with Gasteiger partial charge in [-0.2, -0.15) is 5.10 Å². The van der Waals surface area contributed by atoms with Crippen molar-refractivity contribution < 1.29 is 7.95 Å². The minimum absolute atomic E-state index is 0.624. The van der Waals surface area contributed by atoms with Gasteiger partial charge in [0.1, 0.15) is 5.22 Å². The lowest BCUT2D eigenvalue weighted by Gasteiger charge is -1.96. The Kier molecular flexibility index (Phi) is 5.30. The number of nitrogens with one attached hydrogen (secondary N) is 1. The summed E-state index contributed by atoms with van der Waals surface area (Å²) < 4.78 is -0.836. The van der Waals surface area contributed by atoms with Crippen LogP contribution in [0.5, 0.6) is 0 Å². The predicted molar refractivity (Wildman–Crippen MR) is 52.4 cm³/mol. The van der Waals surface area contributed by atoms with E-state index < -0.39 is 7.95 Å². The van der Waals surface area contributed by atoms with Crippen LogP contribution in [0.4, 0.5) is 0 Å². The molecule has 12 heteroatoms. The lowest BCUT2D eigenvalue weighted by atomic mass is 11.3. The molecule has 14 heavy (non-hydrogen) atoms. The SMILES string of the molecule is N=N/C=N/N.O=[N+]([O-])[N+]1(I)C=NN=N1. The molecular weight excluding hydrogens is 309 g/mol. The van der Waals surface area contributed by atoms with Gasteiger partial charge in [0.25, 0.3) is 5.03 Å². The van der Waals surface area contributed by atoms with Crippen molar-refractivity contribution in [2.24, 2.45) is 31.6 Å². The number of hydrogen-bond acceptors (Lipinski definition) is 8. The first-order chi connectivity index (χ1) is 6.56. The summed E-state index contributed by atoms with van der Waals surface area (Å²) in [5, 5.41) is 24.5. The number of hydrazone groups is 1. The largest absolute Gasteiger partial charge is 0.368 e. The fraction of sp³-hybridized carbons (Fsp3) is 0. The summed E-state index contributed by atoms with van der Waals surface area (Å²) in [7, 11) is 0. The summed E-state index contributed by atoms with van der Waals surface area (Å²) in [5.41, 5.74) is 6.00. The average molecular weight is 314 g/mol. The first-order valence-corrected chi connectivity index (χ1v) is 3.81. The smallest absolute Gasteiger partial charge is 0.322 e. The molecule has 1 aliphatic rings. The van der Waals surface area contributed by atoms with Crippen molar-refractivity contribution in [3.63, 3.8) is 0 Å². The molecule has 0 fully saturated rings. The quantitative estimate of drug-likeness (QED) is 0.112. The molecule has 0 aromatic heterocycles. The Morgan fingerprint density at radius 1 is 1.79 bits per heavy atom. The van der Waals surface area contributed by atoms with Crippen molar-refractivity contribution in [3.05, 3.63) is 10.1 Å². The van der Waals surface area contributed by atoms with Gasteiger partial charge >= 0.3 is 29.2 Å². The summed E-state index contributed by atoms with van der Waals surface area (Å²) in [6, 6.07) is 0. The molecule has 1 aliphatic heterocycles. The normalized spacial score (nSPS) is 23.2. The molecule has 1 rings (SSSR count). The minimum atomic E-state index is -0.836. The summed E-state index contributed by atoms with van der Waals surface area (Å²) in [5.74, 6) is 4.49. The van der Waals surface area contributed by atoms with Gasteiger partial charge in [-0.1, -0.05) is 5.10 Å². The van der Waals surface area contributed by atoms with Crippen LogP contribution >= 0.6 is 22.9 Å². The molecule has 11 nitrogen and oxygen atoms in total. The van der Waals surface area contributed by atoms with Crippen LogP contribution in [0.25, 0.3) is 0 Å². The molecule has 1 unspecified atom stereocenters. The van der Waals surface area contributed by atoms with Gasteiger partial charge in [0.05, 0.1) is 0 Å². The van der Waals surface area contributed by atoms with E-state index in [0.717, 1.165) is 12.7 Å². The third-order valence-corrected chi connectivity index (χ3v) is 1.56. The second kappa shape index (κ2) is 5.97. The fourth-order valence-corrected chi connectivity index (χ4v) is 0.497. The van der Waals surface area contributed by atoms with Gasteiger partial charge < -0.3 is 5.84 Å². The Labute approximate surface area is 91.0 Å². The van der Waals surface area contributed by atoms with Crippen molar-refractivity contribution in [2.75, 3.05) is 0 Å². The molecule has 0 spiro atoms. The zero-order valence-corrected chi connectivity index (χ0v) is 8.71. The molecule has 0 saturated heterocycles. The highest BCUT2D eigenvalue weighted by atomic mass is 127. The number of quaternary nitrogens is 1. The topological polar surface area (TPSA) is 155 Å². The molecule has 0 aliphatic carbocycles. The number of halogens is 1. The zero-order chi connectivity index (χ0) is 11.0. The molecular formula is C2H5IN9O2+. The molecule has 0 saturated carbocycles. The van der Waals surface area contributed by atoms with Gasteiger partial charge in [0, 0.05) is 5.22 Å². The summed E-state index contributed by atoms with van der Waals surface area (Å²) in [4.78, 5) is 10.0. The standard InChI is InChI=1S/CHIN5O2.CH4N4/c2-7(6(8)9)1-3-4-5-7;2-4-1-5-3/h1H;1-2H,3H2/q+1;/b;4-2?,5-1+.